The van der Waals surface area contributed by atoms with Crippen LogP contribution in [0.4, 0.5) is 0 Å². The summed E-state index contributed by atoms with van der Waals surface area (Å²) in [6.07, 6.45) is 4.36. The quantitative estimate of drug-likeness (QED) is 0.632. The van der Waals surface area contributed by atoms with E-state index < -0.39 is 0 Å². The molecule has 0 aromatic heterocycles. The van der Waals surface area contributed by atoms with E-state index in [1.807, 2.05) is 18.2 Å². The van der Waals surface area contributed by atoms with Crippen molar-refractivity contribution < 1.29 is 4.74 Å². The van der Waals surface area contributed by atoms with Crippen LogP contribution in [0.5, 0.6) is 5.75 Å². The minimum atomic E-state index is 0.0782. The van der Waals surface area contributed by atoms with Gasteiger partial charge in [-0.05, 0) is 30.5 Å². The smallest absolute Gasteiger partial charge is 0.118 e. The molecule has 1 aromatic rings. The molecule has 94 valence electrons. The van der Waals surface area contributed by atoms with E-state index in [0.717, 1.165) is 12.3 Å². The first-order valence-electron chi connectivity index (χ1n) is 6.32. The highest BCUT2D eigenvalue weighted by Gasteiger charge is 2.18. The maximum Gasteiger partial charge on any atom is 0.118 e. The Hall–Kier alpha value is -1.72. The molecule has 0 saturated heterocycles. The molecule has 0 amide bonds. The summed E-state index contributed by atoms with van der Waals surface area (Å²) in [5.74, 6) is 8.13. The Morgan fingerprint density at radius 3 is 2.72 bits per heavy atom. The zero-order valence-corrected chi connectivity index (χ0v) is 10.8. The zero-order valence-electron chi connectivity index (χ0n) is 10.8. The molecule has 1 unspecified atom stereocenters. The van der Waals surface area contributed by atoms with Crippen molar-refractivity contribution in [2.24, 2.45) is 5.92 Å². The number of benzene rings is 1. The summed E-state index contributed by atoms with van der Waals surface area (Å²) >= 11 is 0. The highest BCUT2D eigenvalue weighted by atomic mass is 16.5. The van der Waals surface area contributed by atoms with E-state index in [0.29, 0.717) is 5.92 Å². The van der Waals surface area contributed by atoms with Gasteiger partial charge < -0.3 is 4.74 Å². The summed E-state index contributed by atoms with van der Waals surface area (Å²) in [6, 6.07) is 8.13. The maximum absolute atomic E-state index is 5.17. The summed E-state index contributed by atoms with van der Waals surface area (Å²) in [5, 5.41) is 3.37. The van der Waals surface area contributed by atoms with Crippen molar-refractivity contribution in [3.8, 4) is 17.6 Å². The molecule has 2 nitrogen and oxygen atoms in total. The van der Waals surface area contributed by atoms with Crippen LogP contribution in [0.2, 0.25) is 0 Å². The number of nitrogens with one attached hydrogen (secondary N) is 1. The average Bonchev–Trinajstić information content (AvgIpc) is 3.23. The van der Waals surface area contributed by atoms with Crippen LogP contribution in [-0.4, -0.2) is 13.7 Å². The fourth-order valence-corrected chi connectivity index (χ4v) is 1.68. The van der Waals surface area contributed by atoms with Crippen molar-refractivity contribution in [2.75, 3.05) is 13.7 Å². The number of ether oxygens (including phenoxy) is 1. The lowest BCUT2D eigenvalue weighted by molar-refractivity contribution is 0.414. The molecule has 1 fully saturated rings. The second-order valence-corrected chi connectivity index (χ2v) is 4.47. The Morgan fingerprint density at radius 1 is 1.44 bits per heavy atom. The fourth-order valence-electron chi connectivity index (χ4n) is 1.68. The van der Waals surface area contributed by atoms with Crippen molar-refractivity contribution >= 4 is 0 Å². The van der Waals surface area contributed by atoms with Gasteiger partial charge in [-0.2, -0.15) is 0 Å². The van der Waals surface area contributed by atoms with Crippen molar-refractivity contribution in [3.05, 3.63) is 42.5 Å². The number of hydrogen-bond donors (Lipinski definition) is 1. The second kappa shape index (κ2) is 6.28. The first kappa shape index (κ1) is 12.7. The van der Waals surface area contributed by atoms with E-state index >= 15 is 0 Å². The van der Waals surface area contributed by atoms with Crippen LogP contribution in [0.25, 0.3) is 0 Å². The second-order valence-electron chi connectivity index (χ2n) is 4.47. The van der Waals surface area contributed by atoms with Crippen LogP contribution in [0.1, 0.15) is 24.4 Å². The maximum atomic E-state index is 5.17. The molecule has 0 bridgehead atoms. The Bertz CT molecular complexity index is 448. The molecule has 0 heterocycles. The van der Waals surface area contributed by atoms with Crippen molar-refractivity contribution in [2.45, 2.75) is 18.9 Å². The van der Waals surface area contributed by atoms with E-state index in [2.05, 4.69) is 35.9 Å². The van der Waals surface area contributed by atoms with Crippen molar-refractivity contribution in [1.29, 1.82) is 0 Å². The lowest BCUT2D eigenvalue weighted by atomic mass is 10.1. The molecule has 1 N–H and O–H groups in total. The van der Waals surface area contributed by atoms with Crippen LogP contribution in [0.3, 0.4) is 0 Å². The number of rotatable bonds is 5. The van der Waals surface area contributed by atoms with Crippen LogP contribution < -0.4 is 10.1 Å². The third-order valence-electron chi connectivity index (χ3n) is 2.92. The monoisotopic (exact) mass is 241 g/mol. The van der Waals surface area contributed by atoms with Crippen molar-refractivity contribution in [1.82, 2.24) is 5.32 Å². The van der Waals surface area contributed by atoms with E-state index in [4.69, 9.17) is 4.74 Å². The summed E-state index contributed by atoms with van der Waals surface area (Å²) in [4.78, 5) is 0. The first-order valence-corrected chi connectivity index (χ1v) is 6.32. The largest absolute Gasteiger partial charge is 0.497 e. The summed E-state index contributed by atoms with van der Waals surface area (Å²) in [6.45, 7) is 4.49. The molecule has 1 aliphatic rings. The van der Waals surface area contributed by atoms with Gasteiger partial charge in [0.25, 0.3) is 0 Å². The van der Waals surface area contributed by atoms with E-state index in [9.17, 15) is 0 Å². The van der Waals surface area contributed by atoms with E-state index in [1.165, 1.54) is 18.4 Å². The van der Waals surface area contributed by atoms with Crippen LogP contribution in [0, 0.1) is 17.8 Å². The molecular weight excluding hydrogens is 222 g/mol. The van der Waals surface area contributed by atoms with E-state index in [-0.39, 0.29) is 6.04 Å². The highest BCUT2D eigenvalue weighted by molar-refractivity contribution is 5.33. The van der Waals surface area contributed by atoms with Crippen LogP contribution in [0.15, 0.2) is 36.9 Å². The first-order chi connectivity index (χ1) is 8.83. The fraction of sp³-hybridized carbons (Fsp3) is 0.375. The Kier molecular flexibility index (Phi) is 4.44. The van der Waals surface area contributed by atoms with Crippen LogP contribution >= 0.6 is 0 Å². The number of hydrogen-bond acceptors (Lipinski definition) is 2. The molecule has 2 rings (SSSR count). The molecule has 1 aliphatic carbocycles. The molecular formula is C16H19NO. The van der Waals surface area contributed by atoms with Gasteiger partial charge in [0, 0.05) is 12.5 Å². The molecule has 1 aromatic carbocycles. The molecule has 0 radical (unpaired) electrons. The SMILES string of the molecule is C=CCNC(C#CC1CC1)c1ccc(OC)cc1. The Morgan fingerprint density at radius 2 is 2.17 bits per heavy atom. The average molecular weight is 241 g/mol. The third-order valence-corrected chi connectivity index (χ3v) is 2.92. The van der Waals surface area contributed by atoms with E-state index in [1.54, 1.807) is 7.11 Å². The van der Waals surface area contributed by atoms with Gasteiger partial charge >= 0.3 is 0 Å². The molecule has 1 atom stereocenters. The van der Waals surface area contributed by atoms with Gasteiger partial charge in [0.1, 0.15) is 5.75 Å². The number of methoxy groups -OCH3 is 1. The third kappa shape index (κ3) is 3.65. The van der Waals surface area contributed by atoms with Crippen molar-refractivity contribution in [3.63, 3.8) is 0 Å². The Labute approximate surface area is 109 Å². The van der Waals surface area contributed by atoms with Gasteiger partial charge in [-0.15, -0.1) is 6.58 Å². The Balaban J connectivity index is 2.10. The standard InChI is InChI=1S/C16H19NO/c1-3-12-17-16(11-6-13-4-5-13)14-7-9-15(18-2)10-8-14/h3,7-10,13,16-17H,1,4-5,12H2,2H3. The van der Waals surface area contributed by atoms with Gasteiger partial charge in [0.2, 0.25) is 0 Å². The van der Waals surface area contributed by atoms with Crippen LogP contribution in [-0.2, 0) is 0 Å². The van der Waals surface area contributed by atoms with Gasteiger partial charge in [0.15, 0.2) is 0 Å². The molecule has 2 heteroatoms. The zero-order chi connectivity index (χ0) is 12.8. The lowest BCUT2D eigenvalue weighted by Crippen LogP contribution is -2.19. The predicted molar refractivity (Wildman–Crippen MR) is 74.4 cm³/mol. The molecule has 0 aliphatic heterocycles. The minimum absolute atomic E-state index is 0.0782. The highest BCUT2D eigenvalue weighted by Crippen LogP contribution is 2.28. The van der Waals surface area contributed by atoms with Gasteiger partial charge in [0.05, 0.1) is 13.2 Å². The van der Waals surface area contributed by atoms with Gasteiger partial charge in [-0.25, -0.2) is 0 Å². The normalized spacial score (nSPS) is 15.4. The lowest BCUT2D eigenvalue weighted by Gasteiger charge is -2.12. The molecule has 0 spiro atoms. The van der Waals surface area contributed by atoms with Gasteiger partial charge in [-0.3, -0.25) is 5.32 Å². The molecule has 18 heavy (non-hydrogen) atoms. The van der Waals surface area contributed by atoms with Gasteiger partial charge in [-0.1, -0.05) is 30.0 Å². The predicted octanol–water partition coefficient (Wildman–Crippen LogP) is 2.93. The summed E-state index contributed by atoms with van der Waals surface area (Å²) in [5.41, 5.74) is 1.17. The summed E-state index contributed by atoms with van der Waals surface area (Å²) < 4.78 is 5.17. The summed E-state index contributed by atoms with van der Waals surface area (Å²) in [7, 11) is 1.68. The molecule has 1 saturated carbocycles. The topological polar surface area (TPSA) is 21.3 Å². The minimum Gasteiger partial charge on any atom is -0.497 e.